The van der Waals surface area contributed by atoms with Crippen molar-refractivity contribution in [2.45, 2.75) is 19.1 Å². The minimum atomic E-state index is -4.45. The van der Waals surface area contributed by atoms with Gasteiger partial charge < -0.3 is 9.47 Å². The van der Waals surface area contributed by atoms with E-state index in [1.807, 2.05) is 0 Å². The zero-order chi connectivity index (χ0) is 9.19. The number of rotatable bonds is 2. The van der Waals surface area contributed by atoms with E-state index < -0.39 is 22.1 Å². The number of halogens is 1. The highest BCUT2D eigenvalue weighted by Crippen LogP contribution is 2.10. The van der Waals surface area contributed by atoms with E-state index in [9.17, 15) is 12.3 Å². The summed E-state index contributed by atoms with van der Waals surface area (Å²) < 4.78 is 42.6. The third-order valence-corrected chi connectivity index (χ3v) is 2.24. The van der Waals surface area contributed by atoms with Crippen LogP contribution in [0.3, 0.4) is 0 Å². The Morgan fingerprint density at radius 2 is 2.17 bits per heavy atom. The van der Waals surface area contributed by atoms with Crippen LogP contribution in [-0.4, -0.2) is 39.6 Å². The zero-order valence-corrected chi connectivity index (χ0v) is 7.51. The monoisotopic (exact) mass is 198 g/mol. The lowest BCUT2D eigenvalue weighted by Gasteiger charge is -2.26. The molecule has 0 bridgehead atoms. The first-order valence-corrected chi connectivity index (χ1v) is 5.18. The fraction of sp³-hybridized carbons (Fsp3) is 1.00. The second-order valence-corrected chi connectivity index (χ2v) is 4.22. The van der Waals surface area contributed by atoms with Crippen molar-refractivity contribution in [1.29, 1.82) is 0 Å². The SMILES string of the molecule is CC1COCC(CS(=O)(=O)F)O1. The van der Waals surface area contributed by atoms with E-state index in [1.54, 1.807) is 6.92 Å². The Kier molecular flexibility index (Phi) is 3.03. The molecule has 0 N–H and O–H groups in total. The Balaban J connectivity index is 2.43. The molecule has 72 valence electrons. The van der Waals surface area contributed by atoms with Crippen molar-refractivity contribution in [2.24, 2.45) is 0 Å². The fourth-order valence-electron chi connectivity index (χ4n) is 1.08. The molecule has 1 rings (SSSR count). The molecule has 6 heteroatoms. The summed E-state index contributed by atoms with van der Waals surface area (Å²) in [7, 11) is -4.45. The van der Waals surface area contributed by atoms with Gasteiger partial charge in [0.25, 0.3) is 0 Å². The molecule has 0 aromatic heterocycles. The van der Waals surface area contributed by atoms with Crippen LogP contribution in [0.4, 0.5) is 3.89 Å². The van der Waals surface area contributed by atoms with Crippen LogP contribution in [0.2, 0.25) is 0 Å². The first-order valence-electron chi connectivity index (χ1n) is 3.63. The highest BCUT2D eigenvalue weighted by molar-refractivity contribution is 7.86. The Bertz CT molecular complexity index is 238. The minimum absolute atomic E-state index is 0.146. The van der Waals surface area contributed by atoms with E-state index in [4.69, 9.17) is 9.47 Å². The third-order valence-electron chi connectivity index (χ3n) is 1.47. The second kappa shape index (κ2) is 3.68. The summed E-state index contributed by atoms with van der Waals surface area (Å²) in [5, 5.41) is 0. The van der Waals surface area contributed by atoms with E-state index in [2.05, 4.69) is 0 Å². The molecule has 0 amide bonds. The van der Waals surface area contributed by atoms with Gasteiger partial charge in [-0.1, -0.05) is 0 Å². The van der Waals surface area contributed by atoms with Crippen LogP contribution in [0, 0.1) is 0 Å². The number of ether oxygens (including phenoxy) is 2. The predicted octanol–water partition coefficient (Wildman–Crippen LogP) is 0.0896. The molecule has 2 unspecified atom stereocenters. The van der Waals surface area contributed by atoms with Crippen LogP contribution in [0.5, 0.6) is 0 Å². The first kappa shape index (κ1) is 9.88. The van der Waals surface area contributed by atoms with Gasteiger partial charge in [-0.05, 0) is 6.92 Å². The molecule has 0 spiro atoms. The number of hydrogen-bond acceptors (Lipinski definition) is 4. The smallest absolute Gasteiger partial charge is 0.305 e. The summed E-state index contributed by atoms with van der Waals surface area (Å²) in [6, 6.07) is 0. The summed E-state index contributed by atoms with van der Waals surface area (Å²) in [6.07, 6.45) is -0.825. The van der Waals surface area contributed by atoms with Crippen LogP contribution in [0.1, 0.15) is 6.92 Å². The molecule has 0 aliphatic carbocycles. The van der Waals surface area contributed by atoms with E-state index in [0.29, 0.717) is 6.61 Å². The van der Waals surface area contributed by atoms with Crippen molar-refractivity contribution < 1.29 is 21.8 Å². The van der Waals surface area contributed by atoms with Crippen LogP contribution in [0.15, 0.2) is 0 Å². The Morgan fingerprint density at radius 3 is 2.67 bits per heavy atom. The van der Waals surface area contributed by atoms with Gasteiger partial charge in [-0.25, -0.2) is 0 Å². The van der Waals surface area contributed by atoms with Crippen molar-refractivity contribution in [2.75, 3.05) is 19.0 Å². The second-order valence-electron chi connectivity index (χ2n) is 2.81. The van der Waals surface area contributed by atoms with E-state index in [0.717, 1.165) is 0 Å². The van der Waals surface area contributed by atoms with Gasteiger partial charge in [0.2, 0.25) is 0 Å². The van der Waals surface area contributed by atoms with Gasteiger partial charge >= 0.3 is 10.2 Å². The largest absolute Gasteiger partial charge is 0.376 e. The zero-order valence-electron chi connectivity index (χ0n) is 6.70. The van der Waals surface area contributed by atoms with Gasteiger partial charge in [-0.3, -0.25) is 0 Å². The van der Waals surface area contributed by atoms with Crippen molar-refractivity contribution in [1.82, 2.24) is 0 Å². The van der Waals surface area contributed by atoms with Crippen LogP contribution in [-0.2, 0) is 19.7 Å². The number of hydrogen-bond donors (Lipinski definition) is 0. The lowest BCUT2D eigenvalue weighted by atomic mass is 10.3. The van der Waals surface area contributed by atoms with Gasteiger partial charge in [-0.2, -0.15) is 8.42 Å². The summed E-state index contributed by atoms with van der Waals surface area (Å²) >= 11 is 0. The van der Waals surface area contributed by atoms with Crippen molar-refractivity contribution in [3.05, 3.63) is 0 Å². The maximum Gasteiger partial charge on any atom is 0.305 e. The third kappa shape index (κ3) is 3.46. The van der Waals surface area contributed by atoms with E-state index in [1.165, 1.54) is 0 Å². The quantitative estimate of drug-likeness (QED) is 0.590. The molecular weight excluding hydrogens is 187 g/mol. The molecule has 1 fully saturated rings. The minimum Gasteiger partial charge on any atom is -0.376 e. The van der Waals surface area contributed by atoms with E-state index >= 15 is 0 Å². The highest BCUT2D eigenvalue weighted by Gasteiger charge is 2.25. The molecular formula is C6H11FO4S. The van der Waals surface area contributed by atoms with Gasteiger partial charge in [0, 0.05) is 0 Å². The maximum atomic E-state index is 12.1. The molecule has 1 saturated heterocycles. The summed E-state index contributed by atoms with van der Waals surface area (Å²) in [6.45, 7) is 2.33. The lowest BCUT2D eigenvalue weighted by Crippen LogP contribution is -2.38. The normalized spacial score (nSPS) is 31.8. The molecule has 1 heterocycles. The molecule has 1 aliphatic rings. The molecule has 2 atom stereocenters. The van der Waals surface area contributed by atoms with Crippen LogP contribution in [0.25, 0.3) is 0 Å². The van der Waals surface area contributed by atoms with Gasteiger partial charge in [0.15, 0.2) is 0 Å². The van der Waals surface area contributed by atoms with Crippen molar-refractivity contribution in [3.8, 4) is 0 Å². The Morgan fingerprint density at radius 1 is 1.50 bits per heavy atom. The molecule has 0 aromatic carbocycles. The average molecular weight is 198 g/mol. The summed E-state index contributed by atoms with van der Waals surface area (Å²) in [5.41, 5.74) is 0. The van der Waals surface area contributed by atoms with E-state index in [-0.39, 0.29) is 12.7 Å². The summed E-state index contributed by atoms with van der Waals surface area (Å²) in [4.78, 5) is 0. The van der Waals surface area contributed by atoms with Crippen LogP contribution < -0.4 is 0 Å². The molecule has 0 saturated carbocycles. The summed E-state index contributed by atoms with van der Waals surface area (Å²) in [5.74, 6) is -0.614. The van der Waals surface area contributed by atoms with Gasteiger partial charge in [-0.15, -0.1) is 3.89 Å². The Labute approximate surface area is 70.9 Å². The van der Waals surface area contributed by atoms with Crippen molar-refractivity contribution in [3.63, 3.8) is 0 Å². The van der Waals surface area contributed by atoms with Crippen molar-refractivity contribution >= 4 is 10.2 Å². The molecule has 1 aliphatic heterocycles. The lowest BCUT2D eigenvalue weighted by molar-refractivity contribution is -0.121. The fourth-order valence-corrected chi connectivity index (χ4v) is 1.70. The molecule has 4 nitrogen and oxygen atoms in total. The average Bonchev–Trinajstić information content (AvgIpc) is 1.82. The first-order chi connectivity index (χ1) is 5.47. The topological polar surface area (TPSA) is 52.6 Å². The molecule has 12 heavy (non-hydrogen) atoms. The highest BCUT2D eigenvalue weighted by atomic mass is 32.3. The predicted molar refractivity (Wildman–Crippen MR) is 40.0 cm³/mol. The maximum absolute atomic E-state index is 12.1. The Hall–Kier alpha value is -0.200. The van der Waals surface area contributed by atoms with Crippen LogP contribution >= 0.6 is 0 Å². The molecule has 0 radical (unpaired) electrons. The van der Waals surface area contributed by atoms with Gasteiger partial charge in [0.1, 0.15) is 5.75 Å². The molecule has 0 aromatic rings. The van der Waals surface area contributed by atoms with Gasteiger partial charge in [0.05, 0.1) is 25.4 Å². The standard InChI is InChI=1S/C6H11FO4S/c1-5-2-10-3-6(11-5)4-12(7,8)9/h5-6H,2-4H2,1H3.